The van der Waals surface area contributed by atoms with Crippen LogP contribution in [-0.4, -0.2) is 16.4 Å². The third-order valence-corrected chi connectivity index (χ3v) is 5.04. The molecule has 0 spiro atoms. The Hall–Kier alpha value is -3.08. The molecular weight excluding hydrogens is 326 g/mol. The van der Waals surface area contributed by atoms with Gasteiger partial charge in [0.05, 0.1) is 6.04 Å². The standard InChI is InChI=1S/C21H21N3O2/c1-13(14-6-8-18-15(12-14)7-9-20(25)23-18)22-21(26)17-4-3-5-19-16(17)10-11-24(19)2/h3-6,8,10-13H,7,9H2,1-2H3,(H,22,26)(H,23,25)/t13-/m1/s1. The second-order valence-corrected chi connectivity index (χ2v) is 6.82. The van der Waals surface area contributed by atoms with Gasteiger partial charge in [0.1, 0.15) is 0 Å². The van der Waals surface area contributed by atoms with E-state index in [1.54, 1.807) is 0 Å². The summed E-state index contributed by atoms with van der Waals surface area (Å²) >= 11 is 0. The van der Waals surface area contributed by atoms with Crippen LogP contribution in [0.15, 0.2) is 48.7 Å². The molecule has 1 aliphatic heterocycles. The molecule has 2 heterocycles. The molecule has 0 saturated carbocycles. The fraction of sp³-hybridized carbons (Fsp3) is 0.238. The van der Waals surface area contributed by atoms with E-state index in [4.69, 9.17) is 0 Å². The Morgan fingerprint density at radius 1 is 1.19 bits per heavy atom. The maximum Gasteiger partial charge on any atom is 0.252 e. The SMILES string of the molecule is C[C@@H](NC(=O)c1cccc2c1ccn2C)c1ccc2c(c1)CCC(=O)N2. The Balaban J connectivity index is 1.57. The van der Waals surface area contributed by atoms with Crippen LogP contribution in [0.3, 0.4) is 0 Å². The number of rotatable bonds is 3. The number of carbonyl (C=O) groups is 2. The van der Waals surface area contributed by atoms with Gasteiger partial charge in [-0.25, -0.2) is 0 Å². The minimum Gasteiger partial charge on any atom is -0.351 e. The smallest absolute Gasteiger partial charge is 0.252 e. The molecule has 0 unspecified atom stereocenters. The fourth-order valence-corrected chi connectivity index (χ4v) is 3.53. The predicted molar refractivity (Wildman–Crippen MR) is 102 cm³/mol. The van der Waals surface area contributed by atoms with Gasteiger partial charge in [0.2, 0.25) is 5.91 Å². The summed E-state index contributed by atoms with van der Waals surface area (Å²) in [4.78, 5) is 24.3. The third-order valence-electron chi connectivity index (χ3n) is 5.04. The number of aryl methyl sites for hydroxylation is 2. The van der Waals surface area contributed by atoms with Crippen LogP contribution in [0.1, 0.15) is 40.9 Å². The molecule has 3 aromatic rings. The van der Waals surface area contributed by atoms with E-state index in [9.17, 15) is 9.59 Å². The first kappa shape index (κ1) is 16.4. The highest BCUT2D eigenvalue weighted by Gasteiger charge is 2.18. The van der Waals surface area contributed by atoms with E-state index in [2.05, 4.69) is 16.7 Å². The van der Waals surface area contributed by atoms with E-state index in [0.717, 1.165) is 34.1 Å². The number of hydrogen-bond donors (Lipinski definition) is 2. The monoisotopic (exact) mass is 347 g/mol. The number of nitrogens with one attached hydrogen (secondary N) is 2. The van der Waals surface area contributed by atoms with Gasteiger partial charge in [0.15, 0.2) is 0 Å². The maximum atomic E-state index is 12.8. The third kappa shape index (κ3) is 2.86. The summed E-state index contributed by atoms with van der Waals surface area (Å²) in [6.07, 6.45) is 3.20. The lowest BCUT2D eigenvalue weighted by atomic mass is 9.97. The molecule has 26 heavy (non-hydrogen) atoms. The quantitative estimate of drug-likeness (QED) is 0.761. The zero-order valence-electron chi connectivity index (χ0n) is 14.9. The van der Waals surface area contributed by atoms with Crippen molar-refractivity contribution in [1.82, 2.24) is 9.88 Å². The molecule has 0 aliphatic carbocycles. The number of anilines is 1. The number of carbonyl (C=O) groups excluding carboxylic acids is 2. The van der Waals surface area contributed by atoms with Gasteiger partial charge in [-0.3, -0.25) is 9.59 Å². The molecule has 0 bridgehead atoms. The molecule has 0 radical (unpaired) electrons. The zero-order chi connectivity index (χ0) is 18.3. The molecule has 4 rings (SSSR count). The average Bonchev–Trinajstić information content (AvgIpc) is 3.02. The van der Waals surface area contributed by atoms with Crippen molar-refractivity contribution in [2.75, 3.05) is 5.32 Å². The summed E-state index contributed by atoms with van der Waals surface area (Å²) in [6.45, 7) is 1.98. The van der Waals surface area contributed by atoms with Gasteiger partial charge in [-0.15, -0.1) is 0 Å². The largest absolute Gasteiger partial charge is 0.351 e. The molecule has 0 saturated heterocycles. The zero-order valence-corrected chi connectivity index (χ0v) is 14.9. The van der Waals surface area contributed by atoms with Gasteiger partial charge >= 0.3 is 0 Å². The van der Waals surface area contributed by atoms with Crippen LogP contribution in [0.4, 0.5) is 5.69 Å². The highest BCUT2D eigenvalue weighted by Crippen LogP contribution is 2.26. The van der Waals surface area contributed by atoms with Crippen molar-refractivity contribution in [2.45, 2.75) is 25.8 Å². The van der Waals surface area contributed by atoms with Gasteiger partial charge < -0.3 is 15.2 Å². The Kier molecular flexibility index (Phi) is 3.99. The predicted octanol–water partition coefficient (Wildman–Crippen LogP) is 3.55. The number of hydrogen-bond acceptors (Lipinski definition) is 2. The Bertz CT molecular complexity index is 1020. The van der Waals surface area contributed by atoms with Crippen molar-refractivity contribution in [1.29, 1.82) is 0 Å². The summed E-state index contributed by atoms with van der Waals surface area (Å²) in [5.41, 5.74) is 4.74. The first-order chi connectivity index (χ1) is 12.5. The van der Waals surface area contributed by atoms with Crippen LogP contribution in [0.25, 0.3) is 10.9 Å². The molecular formula is C21H21N3O2. The number of nitrogens with zero attached hydrogens (tertiary/aromatic N) is 1. The van der Waals surface area contributed by atoms with Crippen LogP contribution in [-0.2, 0) is 18.3 Å². The first-order valence-electron chi connectivity index (χ1n) is 8.80. The minimum atomic E-state index is -0.121. The van der Waals surface area contributed by atoms with Crippen molar-refractivity contribution in [3.8, 4) is 0 Å². The van der Waals surface area contributed by atoms with E-state index >= 15 is 0 Å². The highest BCUT2D eigenvalue weighted by molar-refractivity contribution is 6.06. The fourth-order valence-electron chi connectivity index (χ4n) is 3.53. The van der Waals surface area contributed by atoms with Gasteiger partial charge in [0.25, 0.3) is 5.91 Å². The van der Waals surface area contributed by atoms with Crippen molar-refractivity contribution >= 4 is 28.4 Å². The summed E-state index contributed by atoms with van der Waals surface area (Å²) in [5, 5.41) is 6.93. The van der Waals surface area contributed by atoms with Crippen LogP contribution in [0.2, 0.25) is 0 Å². The van der Waals surface area contributed by atoms with Gasteiger partial charge in [0, 0.05) is 41.8 Å². The molecule has 2 aromatic carbocycles. The molecule has 1 aliphatic rings. The maximum absolute atomic E-state index is 12.8. The molecule has 0 fully saturated rings. The van der Waals surface area contributed by atoms with E-state index in [-0.39, 0.29) is 17.9 Å². The summed E-state index contributed by atoms with van der Waals surface area (Å²) < 4.78 is 2.01. The number of fused-ring (bicyclic) bond motifs is 2. The lowest BCUT2D eigenvalue weighted by molar-refractivity contribution is -0.116. The number of aromatic nitrogens is 1. The molecule has 2 N–H and O–H groups in total. The van der Waals surface area contributed by atoms with Crippen molar-refractivity contribution in [3.63, 3.8) is 0 Å². The number of amides is 2. The van der Waals surface area contributed by atoms with Crippen LogP contribution in [0.5, 0.6) is 0 Å². The van der Waals surface area contributed by atoms with Crippen LogP contribution >= 0.6 is 0 Å². The average molecular weight is 347 g/mol. The Morgan fingerprint density at radius 3 is 2.88 bits per heavy atom. The minimum absolute atomic E-state index is 0.0579. The summed E-state index contributed by atoms with van der Waals surface area (Å²) in [6, 6.07) is 13.6. The van der Waals surface area contributed by atoms with E-state index in [0.29, 0.717) is 12.0 Å². The van der Waals surface area contributed by atoms with Gasteiger partial charge in [-0.2, -0.15) is 0 Å². The van der Waals surface area contributed by atoms with Crippen molar-refractivity contribution in [3.05, 3.63) is 65.4 Å². The molecule has 2 amide bonds. The molecule has 132 valence electrons. The molecule has 5 heteroatoms. The van der Waals surface area contributed by atoms with Gasteiger partial charge in [-0.1, -0.05) is 18.2 Å². The van der Waals surface area contributed by atoms with Crippen LogP contribution in [0, 0.1) is 0 Å². The van der Waals surface area contributed by atoms with Gasteiger partial charge in [-0.05, 0) is 48.7 Å². The topological polar surface area (TPSA) is 63.1 Å². The molecule has 5 nitrogen and oxygen atoms in total. The second-order valence-electron chi connectivity index (χ2n) is 6.82. The van der Waals surface area contributed by atoms with Crippen molar-refractivity contribution < 1.29 is 9.59 Å². The molecule has 1 atom stereocenters. The lowest BCUT2D eigenvalue weighted by Crippen LogP contribution is -2.27. The summed E-state index contributed by atoms with van der Waals surface area (Å²) in [5.74, 6) is -0.0251. The van der Waals surface area contributed by atoms with Crippen LogP contribution < -0.4 is 10.6 Å². The number of benzene rings is 2. The first-order valence-corrected chi connectivity index (χ1v) is 8.80. The van der Waals surface area contributed by atoms with Crippen molar-refractivity contribution in [2.24, 2.45) is 7.05 Å². The van der Waals surface area contributed by atoms with E-state index in [1.807, 2.05) is 61.1 Å². The second kappa shape index (κ2) is 6.33. The summed E-state index contributed by atoms with van der Waals surface area (Å²) in [7, 11) is 1.97. The molecule has 1 aromatic heterocycles. The van der Waals surface area contributed by atoms with E-state index < -0.39 is 0 Å². The highest BCUT2D eigenvalue weighted by atomic mass is 16.2. The Labute approximate surface area is 152 Å². The Morgan fingerprint density at radius 2 is 2.04 bits per heavy atom. The lowest BCUT2D eigenvalue weighted by Gasteiger charge is -2.20. The van der Waals surface area contributed by atoms with E-state index in [1.165, 1.54) is 0 Å². The normalized spacial score (nSPS) is 14.6.